The summed E-state index contributed by atoms with van der Waals surface area (Å²) in [6.07, 6.45) is 7.74. The van der Waals surface area contributed by atoms with Crippen LogP contribution in [-0.2, 0) is 12.8 Å². The highest BCUT2D eigenvalue weighted by Gasteiger charge is 2.43. The number of benzene rings is 1. The van der Waals surface area contributed by atoms with E-state index < -0.39 is 0 Å². The maximum Gasteiger partial charge on any atom is 0.0472 e. The van der Waals surface area contributed by atoms with E-state index >= 15 is 0 Å². The normalized spacial score (nSPS) is 29.4. The summed E-state index contributed by atoms with van der Waals surface area (Å²) in [5.41, 5.74) is 4.92. The molecular weight excluding hydrogens is 263 g/mol. The van der Waals surface area contributed by atoms with E-state index in [1.165, 1.54) is 43.2 Å². The Morgan fingerprint density at radius 1 is 1.33 bits per heavy atom. The van der Waals surface area contributed by atoms with Crippen LogP contribution in [0.25, 0.3) is 0 Å². The van der Waals surface area contributed by atoms with Gasteiger partial charge in [-0.3, -0.25) is 0 Å². The molecule has 0 spiro atoms. The summed E-state index contributed by atoms with van der Waals surface area (Å²) in [5.74, 6) is 0.773. The smallest absolute Gasteiger partial charge is 0.0472 e. The molecule has 0 radical (unpaired) electrons. The molecule has 100 valence electrons. The van der Waals surface area contributed by atoms with Gasteiger partial charge in [-0.1, -0.05) is 44.0 Å². The standard InChI is InChI=1S/C16H21Cl.ClH/c1-3-11-6-7-12-13(15(11)17)8-10-16(2)9-4-5-14(12)16;/h6-7,14H,3-5,8-10H2,1-2H3;1H/t14-,16-;/m1./s1. The van der Waals surface area contributed by atoms with Crippen LogP contribution in [0.15, 0.2) is 12.1 Å². The third-order valence-corrected chi connectivity index (χ3v) is 5.61. The van der Waals surface area contributed by atoms with Gasteiger partial charge < -0.3 is 0 Å². The highest BCUT2D eigenvalue weighted by atomic mass is 35.5. The van der Waals surface area contributed by atoms with Gasteiger partial charge in [0.15, 0.2) is 0 Å². The topological polar surface area (TPSA) is 0 Å². The number of rotatable bonds is 1. The number of hydrogen-bond acceptors (Lipinski definition) is 0. The molecule has 0 nitrogen and oxygen atoms in total. The number of halogens is 2. The Bertz CT molecular complexity index is 453. The highest BCUT2D eigenvalue weighted by molar-refractivity contribution is 6.32. The molecule has 0 aromatic heterocycles. The third kappa shape index (κ3) is 1.98. The third-order valence-electron chi connectivity index (χ3n) is 5.14. The predicted molar refractivity (Wildman–Crippen MR) is 81.1 cm³/mol. The van der Waals surface area contributed by atoms with Crippen molar-refractivity contribution in [2.24, 2.45) is 5.41 Å². The Hall–Kier alpha value is -0.200. The summed E-state index contributed by atoms with van der Waals surface area (Å²) in [6, 6.07) is 4.62. The maximum atomic E-state index is 6.56. The minimum Gasteiger partial charge on any atom is -0.147 e. The molecule has 18 heavy (non-hydrogen) atoms. The van der Waals surface area contributed by atoms with Crippen LogP contribution < -0.4 is 0 Å². The molecule has 1 fully saturated rings. The Labute approximate surface area is 122 Å². The van der Waals surface area contributed by atoms with Crippen molar-refractivity contribution in [2.75, 3.05) is 0 Å². The minimum atomic E-state index is 0. The second-order valence-electron chi connectivity index (χ2n) is 6.06. The molecule has 0 N–H and O–H groups in total. The Kier molecular flexibility index (Phi) is 3.99. The van der Waals surface area contributed by atoms with Gasteiger partial charge in [-0.2, -0.15) is 0 Å². The summed E-state index contributed by atoms with van der Waals surface area (Å²) in [7, 11) is 0. The summed E-state index contributed by atoms with van der Waals surface area (Å²) in [5, 5.41) is 1.07. The van der Waals surface area contributed by atoms with Crippen molar-refractivity contribution in [2.45, 2.75) is 58.3 Å². The number of hydrogen-bond donors (Lipinski definition) is 0. The van der Waals surface area contributed by atoms with E-state index in [0.717, 1.165) is 17.4 Å². The van der Waals surface area contributed by atoms with Gasteiger partial charge in [0.2, 0.25) is 0 Å². The summed E-state index contributed by atoms with van der Waals surface area (Å²) in [6.45, 7) is 4.67. The largest absolute Gasteiger partial charge is 0.147 e. The second-order valence-corrected chi connectivity index (χ2v) is 6.44. The molecule has 0 heterocycles. The lowest BCUT2D eigenvalue weighted by molar-refractivity contribution is 0.252. The molecule has 3 rings (SSSR count). The first kappa shape index (κ1) is 14.2. The van der Waals surface area contributed by atoms with Crippen LogP contribution in [0.2, 0.25) is 5.02 Å². The van der Waals surface area contributed by atoms with Gasteiger partial charge in [0, 0.05) is 5.02 Å². The van der Waals surface area contributed by atoms with Crippen molar-refractivity contribution >= 4 is 24.0 Å². The molecule has 2 heteroatoms. The van der Waals surface area contributed by atoms with Crippen molar-refractivity contribution in [1.82, 2.24) is 0 Å². The first-order valence-electron chi connectivity index (χ1n) is 6.96. The van der Waals surface area contributed by atoms with Crippen LogP contribution in [0.5, 0.6) is 0 Å². The lowest BCUT2D eigenvalue weighted by Gasteiger charge is -2.38. The van der Waals surface area contributed by atoms with E-state index in [2.05, 4.69) is 26.0 Å². The average molecular weight is 285 g/mol. The molecule has 0 amide bonds. The predicted octanol–water partition coefficient (Wildman–Crippen LogP) is 5.54. The Balaban J connectivity index is 0.00000120. The van der Waals surface area contributed by atoms with Crippen LogP contribution in [0, 0.1) is 5.41 Å². The van der Waals surface area contributed by atoms with Gasteiger partial charge in [0.05, 0.1) is 0 Å². The SMILES string of the molecule is CCc1ccc2c(c1Cl)CC[C@@]1(C)CCC[C@H]21.Cl. The fourth-order valence-electron chi connectivity index (χ4n) is 4.01. The molecule has 2 aliphatic carbocycles. The summed E-state index contributed by atoms with van der Waals surface area (Å²) in [4.78, 5) is 0. The van der Waals surface area contributed by atoms with E-state index in [1.807, 2.05) is 0 Å². The Morgan fingerprint density at radius 3 is 2.83 bits per heavy atom. The summed E-state index contributed by atoms with van der Waals surface area (Å²) < 4.78 is 0. The van der Waals surface area contributed by atoms with Crippen molar-refractivity contribution < 1.29 is 0 Å². The van der Waals surface area contributed by atoms with Crippen LogP contribution in [0.4, 0.5) is 0 Å². The van der Waals surface area contributed by atoms with E-state index in [1.54, 1.807) is 5.56 Å². The zero-order valence-corrected chi connectivity index (χ0v) is 12.8. The molecule has 0 unspecified atom stereocenters. The Morgan fingerprint density at radius 2 is 2.11 bits per heavy atom. The first-order chi connectivity index (χ1) is 8.15. The molecule has 2 atom stereocenters. The summed E-state index contributed by atoms with van der Waals surface area (Å²) >= 11 is 6.56. The molecule has 0 bridgehead atoms. The van der Waals surface area contributed by atoms with Gasteiger partial charge in [-0.15, -0.1) is 12.4 Å². The average Bonchev–Trinajstić information content (AvgIpc) is 2.71. The maximum absolute atomic E-state index is 6.56. The van der Waals surface area contributed by atoms with Crippen molar-refractivity contribution in [3.8, 4) is 0 Å². The lowest BCUT2D eigenvalue weighted by Crippen LogP contribution is -2.26. The molecule has 0 saturated heterocycles. The molecular formula is C16H22Cl2. The van der Waals surface area contributed by atoms with Gasteiger partial charge in [0.25, 0.3) is 0 Å². The van der Waals surface area contributed by atoms with Crippen molar-refractivity contribution in [3.63, 3.8) is 0 Å². The second kappa shape index (κ2) is 5.06. The van der Waals surface area contributed by atoms with E-state index in [0.29, 0.717) is 5.41 Å². The lowest BCUT2D eigenvalue weighted by atomic mass is 9.67. The van der Waals surface area contributed by atoms with Crippen LogP contribution >= 0.6 is 24.0 Å². The number of aryl methyl sites for hydroxylation is 1. The molecule has 1 aromatic rings. The van der Waals surface area contributed by atoms with Crippen molar-refractivity contribution in [3.05, 3.63) is 33.8 Å². The molecule has 1 aromatic carbocycles. The number of fused-ring (bicyclic) bond motifs is 3. The van der Waals surface area contributed by atoms with Gasteiger partial charge in [-0.05, 0) is 60.1 Å². The monoisotopic (exact) mass is 284 g/mol. The minimum absolute atomic E-state index is 0. The van der Waals surface area contributed by atoms with Crippen LogP contribution in [0.1, 0.15) is 62.1 Å². The highest BCUT2D eigenvalue weighted by Crippen LogP contribution is 2.56. The fourth-order valence-corrected chi connectivity index (χ4v) is 4.41. The van der Waals surface area contributed by atoms with Gasteiger partial charge >= 0.3 is 0 Å². The fraction of sp³-hybridized carbons (Fsp3) is 0.625. The zero-order valence-electron chi connectivity index (χ0n) is 11.3. The molecule has 0 aliphatic heterocycles. The van der Waals surface area contributed by atoms with E-state index in [-0.39, 0.29) is 12.4 Å². The van der Waals surface area contributed by atoms with Crippen LogP contribution in [-0.4, -0.2) is 0 Å². The molecule has 1 saturated carbocycles. The van der Waals surface area contributed by atoms with E-state index in [9.17, 15) is 0 Å². The van der Waals surface area contributed by atoms with Gasteiger partial charge in [0.1, 0.15) is 0 Å². The van der Waals surface area contributed by atoms with Crippen LogP contribution in [0.3, 0.4) is 0 Å². The quantitative estimate of drug-likeness (QED) is 0.635. The first-order valence-corrected chi connectivity index (χ1v) is 7.33. The zero-order chi connectivity index (χ0) is 12.0. The molecule has 2 aliphatic rings. The van der Waals surface area contributed by atoms with E-state index in [4.69, 9.17) is 11.6 Å². The van der Waals surface area contributed by atoms with Gasteiger partial charge in [-0.25, -0.2) is 0 Å². The van der Waals surface area contributed by atoms with Crippen molar-refractivity contribution in [1.29, 1.82) is 0 Å².